The topological polar surface area (TPSA) is 28.2 Å². The highest BCUT2D eigenvalue weighted by atomic mass is 15.2. The lowest BCUT2D eigenvalue weighted by Crippen LogP contribution is -2.34. The largest absolute Gasteiger partial charge is 0.311 e. The summed E-state index contributed by atoms with van der Waals surface area (Å²) in [4.78, 5) is 6.77. The molecule has 1 aromatic carbocycles. The highest BCUT2D eigenvalue weighted by molar-refractivity contribution is 5.20. The summed E-state index contributed by atoms with van der Waals surface area (Å²) in [6.45, 7) is 4.30. The minimum Gasteiger partial charge on any atom is -0.311 e. The van der Waals surface area contributed by atoms with Crippen molar-refractivity contribution in [3.63, 3.8) is 0 Å². The predicted molar refractivity (Wildman–Crippen MR) is 85.9 cm³/mol. The second kappa shape index (κ2) is 7.34. The quantitative estimate of drug-likeness (QED) is 0.882. The van der Waals surface area contributed by atoms with Gasteiger partial charge in [0.15, 0.2) is 0 Å². The molecule has 2 heterocycles. The van der Waals surface area contributed by atoms with Crippen LogP contribution in [0.4, 0.5) is 0 Å². The van der Waals surface area contributed by atoms with Gasteiger partial charge in [0.2, 0.25) is 0 Å². The summed E-state index contributed by atoms with van der Waals surface area (Å²) in [6, 6.07) is 15.4. The molecule has 0 amide bonds. The van der Waals surface area contributed by atoms with Crippen molar-refractivity contribution in [2.24, 2.45) is 0 Å². The van der Waals surface area contributed by atoms with Crippen molar-refractivity contribution in [3.05, 3.63) is 66.0 Å². The van der Waals surface area contributed by atoms with Gasteiger partial charge in [0.05, 0.1) is 0 Å². The Balaban J connectivity index is 1.62. The van der Waals surface area contributed by atoms with Gasteiger partial charge in [-0.2, -0.15) is 0 Å². The van der Waals surface area contributed by atoms with Gasteiger partial charge in [-0.05, 0) is 43.1 Å². The number of hydrogen-bond donors (Lipinski definition) is 1. The van der Waals surface area contributed by atoms with Crippen LogP contribution in [0.2, 0.25) is 0 Å². The molecule has 0 spiro atoms. The van der Waals surface area contributed by atoms with E-state index in [1.165, 1.54) is 37.1 Å². The third-order valence-electron chi connectivity index (χ3n) is 4.16. The van der Waals surface area contributed by atoms with Crippen molar-refractivity contribution < 1.29 is 0 Å². The molecule has 0 unspecified atom stereocenters. The summed E-state index contributed by atoms with van der Waals surface area (Å²) in [5.41, 5.74) is 2.66. The summed E-state index contributed by atoms with van der Waals surface area (Å²) in [5.74, 6) is 0. The van der Waals surface area contributed by atoms with Crippen LogP contribution < -0.4 is 5.32 Å². The Hall–Kier alpha value is -1.71. The molecule has 0 aliphatic carbocycles. The van der Waals surface area contributed by atoms with E-state index in [0.29, 0.717) is 6.04 Å². The summed E-state index contributed by atoms with van der Waals surface area (Å²) >= 11 is 0. The minimum atomic E-state index is 0.477. The Labute approximate surface area is 127 Å². The first kappa shape index (κ1) is 14.2. The van der Waals surface area contributed by atoms with Crippen molar-refractivity contribution in [2.75, 3.05) is 19.6 Å². The van der Waals surface area contributed by atoms with Gasteiger partial charge in [-0.15, -0.1) is 0 Å². The van der Waals surface area contributed by atoms with E-state index in [0.717, 1.165) is 13.1 Å². The number of rotatable bonds is 6. The van der Waals surface area contributed by atoms with E-state index in [9.17, 15) is 0 Å². The van der Waals surface area contributed by atoms with Gasteiger partial charge in [0.25, 0.3) is 0 Å². The lowest BCUT2D eigenvalue weighted by atomic mass is 10.1. The highest BCUT2D eigenvalue weighted by Gasteiger charge is 2.22. The fourth-order valence-corrected chi connectivity index (χ4v) is 3.04. The molecule has 1 saturated heterocycles. The summed E-state index contributed by atoms with van der Waals surface area (Å²) in [5, 5.41) is 3.60. The number of aromatic nitrogens is 1. The standard InChI is InChI=1S/C18H23N3/c1-2-8-17(9-3-1)18(21-11-4-5-12-21)15-20-14-16-7-6-10-19-13-16/h1-3,6-10,13,18,20H,4-5,11-12,14-15H2/t18-/m0/s1. The van der Waals surface area contributed by atoms with E-state index >= 15 is 0 Å². The summed E-state index contributed by atoms with van der Waals surface area (Å²) in [7, 11) is 0. The molecule has 1 fully saturated rings. The van der Waals surface area contributed by atoms with E-state index in [-0.39, 0.29) is 0 Å². The van der Waals surface area contributed by atoms with E-state index in [2.05, 4.69) is 51.6 Å². The number of nitrogens with one attached hydrogen (secondary N) is 1. The van der Waals surface area contributed by atoms with Crippen LogP contribution in [0.3, 0.4) is 0 Å². The van der Waals surface area contributed by atoms with Crippen molar-refractivity contribution in [1.29, 1.82) is 0 Å². The van der Waals surface area contributed by atoms with Crippen LogP contribution in [0.5, 0.6) is 0 Å². The lowest BCUT2D eigenvalue weighted by Gasteiger charge is -2.28. The predicted octanol–water partition coefficient (Wildman–Crippen LogP) is 3.01. The van der Waals surface area contributed by atoms with Crippen LogP contribution in [0, 0.1) is 0 Å². The van der Waals surface area contributed by atoms with Gasteiger partial charge in [0.1, 0.15) is 0 Å². The Morgan fingerprint density at radius 3 is 2.57 bits per heavy atom. The van der Waals surface area contributed by atoms with Crippen molar-refractivity contribution in [3.8, 4) is 0 Å². The fourth-order valence-electron chi connectivity index (χ4n) is 3.04. The van der Waals surface area contributed by atoms with Gasteiger partial charge in [-0.25, -0.2) is 0 Å². The molecule has 3 rings (SSSR count). The summed E-state index contributed by atoms with van der Waals surface area (Å²) in [6.07, 6.45) is 6.40. The van der Waals surface area contributed by atoms with Gasteiger partial charge >= 0.3 is 0 Å². The first-order valence-corrected chi connectivity index (χ1v) is 7.82. The number of nitrogens with zero attached hydrogens (tertiary/aromatic N) is 2. The fraction of sp³-hybridized carbons (Fsp3) is 0.389. The molecule has 0 saturated carbocycles. The Bertz CT molecular complexity index is 521. The normalized spacial score (nSPS) is 17.0. The molecule has 0 radical (unpaired) electrons. The molecule has 2 aromatic rings. The molecule has 3 heteroatoms. The van der Waals surface area contributed by atoms with E-state index in [4.69, 9.17) is 0 Å². The van der Waals surface area contributed by atoms with E-state index in [1.807, 2.05) is 18.5 Å². The maximum atomic E-state index is 4.17. The Kier molecular flexibility index (Phi) is 4.98. The first-order chi connectivity index (χ1) is 10.4. The number of likely N-dealkylation sites (tertiary alicyclic amines) is 1. The second-order valence-electron chi connectivity index (χ2n) is 5.66. The van der Waals surface area contributed by atoms with Gasteiger partial charge in [-0.1, -0.05) is 36.4 Å². The smallest absolute Gasteiger partial charge is 0.0472 e. The highest BCUT2D eigenvalue weighted by Crippen LogP contribution is 2.24. The van der Waals surface area contributed by atoms with Crippen LogP contribution in [-0.4, -0.2) is 29.5 Å². The zero-order chi connectivity index (χ0) is 14.3. The molecule has 1 atom stereocenters. The zero-order valence-corrected chi connectivity index (χ0v) is 12.4. The lowest BCUT2D eigenvalue weighted by molar-refractivity contribution is 0.238. The number of benzene rings is 1. The monoisotopic (exact) mass is 281 g/mol. The number of hydrogen-bond acceptors (Lipinski definition) is 3. The Morgan fingerprint density at radius 1 is 1.05 bits per heavy atom. The zero-order valence-electron chi connectivity index (χ0n) is 12.4. The maximum Gasteiger partial charge on any atom is 0.0472 e. The first-order valence-electron chi connectivity index (χ1n) is 7.82. The minimum absolute atomic E-state index is 0.477. The van der Waals surface area contributed by atoms with Crippen molar-refractivity contribution >= 4 is 0 Å². The van der Waals surface area contributed by atoms with Gasteiger partial charge in [-0.3, -0.25) is 9.88 Å². The molecule has 3 nitrogen and oxygen atoms in total. The van der Waals surface area contributed by atoms with E-state index in [1.54, 1.807) is 0 Å². The van der Waals surface area contributed by atoms with Crippen LogP contribution >= 0.6 is 0 Å². The molecule has 1 N–H and O–H groups in total. The van der Waals surface area contributed by atoms with Crippen LogP contribution in [0.25, 0.3) is 0 Å². The average Bonchev–Trinajstić information content (AvgIpc) is 3.07. The average molecular weight is 281 g/mol. The molecule has 1 aliphatic rings. The third kappa shape index (κ3) is 3.90. The Morgan fingerprint density at radius 2 is 1.86 bits per heavy atom. The molecule has 21 heavy (non-hydrogen) atoms. The molecule has 1 aromatic heterocycles. The molecular formula is C18H23N3. The van der Waals surface area contributed by atoms with Crippen molar-refractivity contribution in [1.82, 2.24) is 15.2 Å². The molecule has 110 valence electrons. The maximum absolute atomic E-state index is 4.17. The van der Waals surface area contributed by atoms with Gasteiger partial charge in [0, 0.05) is 31.5 Å². The van der Waals surface area contributed by atoms with E-state index < -0.39 is 0 Å². The van der Waals surface area contributed by atoms with Crippen LogP contribution in [0.1, 0.15) is 30.0 Å². The third-order valence-corrected chi connectivity index (χ3v) is 4.16. The van der Waals surface area contributed by atoms with Crippen molar-refractivity contribution in [2.45, 2.75) is 25.4 Å². The number of pyridine rings is 1. The van der Waals surface area contributed by atoms with Crippen LogP contribution in [0.15, 0.2) is 54.9 Å². The molecule has 0 bridgehead atoms. The van der Waals surface area contributed by atoms with Crippen LogP contribution in [-0.2, 0) is 6.54 Å². The van der Waals surface area contributed by atoms with Gasteiger partial charge < -0.3 is 5.32 Å². The molecule has 1 aliphatic heterocycles. The second-order valence-corrected chi connectivity index (χ2v) is 5.66. The molecular weight excluding hydrogens is 258 g/mol. The summed E-state index contributed by atoms with van der Waals surface area (Å²) < 4.78 is 0. The SMILES string of the molecule is c1ccc([C@H](CNCc2cccnc2)N2CCCC2)cc1.